The SMILES string of the molecule is CC(C)N1C(=O)c2ccc(Cl)cc2C1=O.CC(C)N1C(=O)c2cccc(Cl)c2C1=O. The molecule has 2 heterocycles. The van der Waals surface area contributed by atoms with Crippen molar-refractivity contribution in [1.29, 1.82) is 0 Å². The number of hydrogen-bond donors (Lipinski definition) is 0. The summed E-state index contributed by atoms with van der Waals surface area (Å²) in [6.07, 6.45) is 0. The van der Waals surface area contributed by atoms with E-state index in [1.54, 1.807) is 50.2 Å². The van der Waals surface area contributed by atoms with E-state index < -0.39 is 0 Å². The van der Waals surface area contributed by atoms with Gasteiger partial charge in [0.15, 0.2) is 0 Å². The van der Waals surface area contributed by atoms with Crippen LogP contribution in [0.3, 0.4) is 0 Å². The Morgan fingerprint density at radius 1 is 0.667 bits per heavy atom. The molecule has 0 atom stereocenters. The van der Waals surface area contributed by atoms with Crippen LogP contribution in [0.15, 0.2) is 36.4 Å². The van der Waals surface area contributed by atoms with E-state index in [4.69, 9.17) is 23.2 Å². The second-order valence-corrected chi connectivity index (χ2v) is 8.34. The molecule has 0 N–H and O–H groups in total. The number of rotatable bonds is 2. The lowest BCUT2D eigenvalue weighted by Gasteiger charge is -2.17. The molecule has 2 aliphatic heterocycles. The zero-order valence-electron chi connectivity index (χ0n) is 16.9. The van der Waals surface area contributed by atoms with Crippen LogP contribution in [0.4, 0.5) is 0 Å². The van der Waals surface area contributed by atoms with Gasteiger partial charge < -0.3 is 0 Å². The van der Waals surface area contributed by atoms with E-state index in [0.29, 0.717) is 32.3 Å². The molecule has 8 heteroatoms. The second-order valence-electron chi connectivity index (χ2n) is 7.50. The van der Waals surface area contributed by atoms with Gasteiger partial charge in [0.1, 0.15) is 0 Å². The molecule has 0 saturated heterocycles. The van der Waals surface area contributed by atoms with Gasteiger partial charge in [-0.15, -0.1) is 0 Å². The maximum absolute atomic E-state index is 11.9. The van der Waals surface area contributed by atoms with Crippen LogP contribution < -0.4 is 0 Å². The summed E-state index contributed by atoms with van der Waals surface area (Å²) in [7, 11) is 0. The summed E-state index contributed by atoms with van der Waals surface area (Å²) in [6, 6.07) is 9.41. The highest BCUT2D eigenvalue weighted by molar-refractivity contribution is 6.37. The Hall–Kier alpha value is -2.70. The van der Waals surface area contributed by atoms with Gasteiger partial charge in [0, 0.05) is 17.1 Å². The highest BCUT2D eigenvalue weighted by Gasteiger charge is 2.38. The average Bonchev–Trinajstić information content (AvgIpc) is 3.07. The van der Waals surface area contributed by atoms with Gasteiger partial charge in [0.25, 0.3) is 23.6 Å². The van der Waals surface area contributed by atoms with Crippen LogP contribution in [0.2, 0.25) is 10.0 Å². The van der Waals surface area contributed by atoms with E-state index in [1.807, 2.05) is 13.8 Å². The molecule has 2 aromatic carbocycles. The molecule has 4 amide bonds. The normalized spacial score (nSPS) is 15.1. The number of carbonyl (C=O) groups excluding carboxylic acids is 4. The molecular weight excluding hydrogens is 427 g/mol. The van der Waals surface area contributed by atoms with Gasteiger partial charge >= 0.3 is 0 Å². The van der Waals surface area contributed by atoms with Crippen molar-refractivity contribution in [2.45, 2.75) is 39.8 Å². The Bertz CT molecular complexity index is 1070. The predicted molar refractivity (Wildman–Crippen MR) is 114 cm³/mol. The van der Waals surface area contributed by atoms with Gasteiger partial charge in [-0.05, 0) is 58.0 Å². The van der Waals surface area contributed by atoms with E-state index in [9.17, 15) is 19.2 Å². The molecule has 2 aromatic rings. The smallest absolute Gasteiger partial charge is 0.263 e. The zero-order valence-corrected chi connectivity index (χ0v) is 18.4. The third-order valence-corrected chi connectivity index (χ3v) is 5.36. The first-order chi connectivity index (χ1) is 14.1. The first kappa shape index (κ1) is 22.0. The Labute approximate surface area is 184 Å². The number of fused-ring (bicyclic) bond motifs is 2. The summed E-state index contributed by atoms with van der Waals surface area (Å²) < 4.78 is 0. The van der Waals surface area contributed by atoms with Gasteiger partial charge in [-0.1, -0.05) is 29.3 Å². The number of imide groups is 2. The van der Waals surface area contributed by atoms with Crippen LogP contribution in [0.25, 0.3) is 0 Å². The molecule has 156 valence electrons. The van der Waals surface area contributed by atoms with Gasteiger partial charge in [0.05, 0.1) is 27.3 Å². The summed E-state index contributed by atoms with van der Waals surface area (Å²) in [4.78, 5) is 49.9. The highest BCUT2D eigenvalue weighted by Crippen LogP contribution is 2.30. The van der Waals surface area contributed by atoms with Crippen molar-refractivity contribution < 1.29 is 19.2 Å². The maximum Gasteiger partial charge on any atom is 0.263 e. The minimum atomic E-state index is -0.296. The quantitative estimate of drug-likeness (QED) is 0.627. The Balaban J connectivity index is 0.000000171. The fraction of sp³-hybridized carbons (Fsp3) is 0.273. The second kappa shape index (κ2) is 8.20. The molecule has 0 unspecified atom stereocenters. The average molecular weight is 447 g/mol. The summed E-state index contributed by atoms with van der Waals surface area (Å²) in [6.45, 7) is 7.22. The molecule has 0 spiro atoms. The van der Waals surface area contributed by atoms with Crippen molar-refractivity contribution in [3.63, 3.8) is 0 Å². The van der Waals surface area contributed by atoms with Gasteiger partial charge in [-0.25, -0.2) is 0 Å². The Morgan fingerprint density at radius 3 is 1.77 bits per heavy atom. The molecule has 0 aliphatic carbocycles. The standard InChI is InChI=1S/2C11H10ClNO2/c1-6(2)13-10(14)8-4-3-7(12)5-9(8)11(13)15;1-6(2)13-10(14)7-4-3-5-8(12)9(7)11(13)15/h2*3-6H,1-2H3. The van der Waals surface area contributed by atoms with Crippen molar-refractivity contribution >= 4 is 46.8 Å². The first-order valence-electron chi connectivity index (χ1n) is 9.40. The van der Waals surface area contributed by atoms with Crippen LogP contribution in [-0.4, -0.2) is 45.5 Å². The number of carbonyl (C=O) groups is 4. The van der Waals surface area contributed by atoms with Crippen LogP contribution >= 0.6 is 23.2 Å². The highest BCUT2D eigenvalue weighted by atomic mass is 35.5. The first-order valence-corrected chi connectivity index (χ1v) is 10.2. The molecule has 30 heavy (non-hydrogen) atoms. The fourth-order valence-corrected chi connectivity index (χ4v) is 3.86. The zero-order chi connectivity index (χ0) is 22.3. The third kappa shape index (κ3) is 3.61. The topological polar surface area (TPSA) is 74.8 Å². The number of amides is 4. The Kier molecular flexibility index (Phi) is 6.01. The molecular formula is C22H20Cl2N2O4. The van der Waals surface area contributed by atoms with Crippen molar-refractivity contribution in [1.82, 2.24) is 9.80 Å². The van der Waals surface area contributed by atoms with Gasteiger partial charge in [-0.2, -0.15) is 0 Å². The van der Waals surface area contributed by atoms with E-state index in [2.05, 4.69) is 0 Å². The lowest BCUT2D eigenvalue weighted by atomic mass is 10.1. The van der Waals surface area contributed by atoms with E-state index in [1.165, 1.54) is 9.80 Å². The van der Waals surface area contributed by atoms with E-state index in [0.717, 1.165) is 0 Å². The molecule has 0 radical (unpaired) electrons. The fourth-order valence-electron chi connectivity index (χ4n) is 3.43. The summed E-state index contributed by atoms with van der Waals surface area (Å²) in [5.41, 5.74) is 1.58. The Morgan fingerprint density at radius 2 is 1.20 bits per heavy atom. The number of benzene rings is 2. The lowest BCUT2D eigenvalue weighted by molar-refractivity contribution is 0.0592. The molecule has 0 fully saturated rings. The largest absolute Gasteiger partial charge is 0.272 e. The van der Waals surface area contributed by atoms with Crippen LogP contribution in [0.1, 0.15) is 69.1 Å². The van der Waals surface area contributed by atoms with Crippen molar-refractivity contribution in [2.24, 2.45) is 0 Å². The monoisotopic (exact) mass is 446 g/mol. The number of nitrogens with zero attached hydrogens (tertiary/aromatic N) is 2. The maximum atomic E-state index is 11.9. The molecule has 4 rings (SSSR count). The third-order valence-electron chi connectivity index (χ3n) is 4.81. The van der Waals surface area contributed by atoms with Gasteiger partial charge in [-0.3, -0.25) is 29.0 Å². The molecule has 6 nitrogen and oxygen atoms in total. The van der Waals surface area contributed by atoms with E-state index >= 15 is 0 Å². The van der Waals surface area contributed by atoms with Gasteiger partial charge in [0.2, 0.25) is 0 Å². The van der Waals surface area contributed by atoms with E-state index in [-0.39, 0.29) is 35.7 Å². The molecule has 0 bridgehead atoms. The molecule has 0 aromatic heterocycles. The minimum absolute atomic E-state index is 0.129. The van der Waals surface area contributed by atoms with Crippen LogP contribution in [0.5, 0.6) is 0 Å². The van der Waals surface area contributed by atoms with Crippen LogP contribution in [0, 0.1) is 0 Å². The number of hydrogen-bond acceptors (Lipinski definition) is 4. The summed E-state index contributed by atoms with van der Waals surface area (Å²) in [5, 5.41) is 0.814. The lowest BCUT2D eigenvalue weighted by Crippen LogP contribution is -2.35. The van der Waals surface area contributed by atoms with Crippen molar-refractivity contribution in [3.05, 3.63) is 68.7 Å². The minimum Gasteiger partial charge on any atom is -0.272 e. The van der Waals surface area contributed by atoms with Crippen LogP contribution in [-0.2, 0) is 0 Å². The number of halogens is 2. The molecule has 0 saturated carbocycles. The van der Waals surface area contributed by atoms with Crippen molar-refractivity contribution in [2.75, 3.05) is 0 Å². The molecule has 2 aliphatic rings. The predicted octanol–water partition coefficient (Wildman–Crippen LogP) is 4.69. The van der Waals surface area contributed by atoms with Crippen molar-refractivity contribution in [3.8, 4) is 0 Å². The summed E-state index contributed by atoms with van der Waals surface area (Å²) in [5.74, 6) is -1.04. The summed E-state index contributed by atoms with van der Waals surface area (Å²) >= 11 is 11.7.